The molecule has 2 amide bonds. The molecule has 11 heteroatoms. The Balaban J connectivity index is 1.46. The SMILES string of the molecule is Cc1nc(CNC(=O)NCC2CCc3nc(C(F)(F)F)cn3C2)no1. The number of rotatable bonds is 4. The molecular weight excluding hydrogens is 341 g/mol. The van der Waals surface area contributed by atoms with Gasteiger partial charge in [-0.05, 0) is 12.3 Å². The number of aryl methyl sites for hydroxylation is 2. The molecule has 2 aromatic rings. The quantitative estimate of drug-likeness (QED) is 0.866. The van der Waals surface area contributed by atoms with Crippen molar-refractivity contribution in [2.24, 2.45) is 5.92 Å². The highest BCUT2D eigenvalue weighted by Gasteiger charge is 2.35. The lowest BCUT2D eigenvalue weighted by atomic mass is 9.99. The van der Waals surface area contributed by atoms with Crippen molar-refractivity contribution in [2.45, 2.75) is 39.0 Å². The van der Waals surface area contributed by atoms with Gasteiger partial charge in [-0.3, -0.25) is 0 Å². The van der Waals surface area contributed by atoms with Gasteiger partial charge in [0.15, 0.2) is 11.5 Å². The minimum absolute atomic E-state index is 0.0425. The molecule has 0 radical (unpaired) electrons. The molecule has 8 nitrogen and oxygen atoms in total. The van der Waals surface area contributed by atoms with Gasteiger partial charge in [0.25, 0.3) is 0 Å². The van der Waals surface area contributed by atoms with Crippen molar-refractivity contribution in [3.63, 3.8) is 0 Å². The second kappa shape index (κ2) is 6.73. The molecule has 1 aliphatic heterocycles. The molecule has 3 heterocycles. The zero-order valence-electron chi connectivity index (χ0n) is 13.4. The summed E-state index contributed by atoms with van der Waals surface area (Å²) < 4.78 is 44.4. The van der Waals surface area contributed by atoms with E-state index in [-0.39, 0.29) is 12.5 Å². The molecule has 0 saturated carbocycles. The van der Waals surface area contributed by atoms with E-state index in [2.05, 4.69) is 25.8 Å². The van der Waals surface area contributed by atoms with Gasteiger partial charge in [-0.15, -0.1) is 0 Å². The number of imidazole rings is 1. The largest absolute Gasteiger partial charge is 0.434 e. The van der Waals surface area contributed by atoms with Crippen LogP contribution in [0.1, 0.15) is 29.7 Å². The Morgan fingerprint density at radius 3 is 2.88 bits per heavy atom. The molecule has 0 spiro atoms. The van der Waals surface area contributed by atoms with Gasteiger partial charge in [0.1, 0.15) is 5.82 Å². The van der Waals surface area contributed by atoms with Gasteiger partial charge in [-0.2, -0.15) is 18.2 Å². The van der Waals surface area contributed by atoms with Crippen LogP contribution in [0.2, 0.25) is 0 Å². The molecule has 0 fully saturated rings. The van der Waals surface area contributed by atoms with E-state index in [1.54, 1.807) is 6.92 Å². The highest BCUT2D eigenvalue weighted by molar-refractivity contribution is 5.73. The molecule has 136 valence electrons. The lowest BCUT2D eigenvalue weighted by molar-refractivity contribution is -0.141. The first kappa shape index (κ1) is 17.2. The molecule has 2 aromatic heterocycles. The summed E-state index contributed by atoms with van der Waals surface area (Å²) in [7, 11) is 0. The third-order valence-electron chi connectivity index (χ3n) is 3.91. The molecule has 25 heavy (non-hydrogen) atoms. The first-order valence-corrected chi connectivity index (χ1v) is 7.75. The fraction of sp³-hybridized carbons (Fsp3) is 0.571. The number of carbonyl (C=O) groups is 1. The van der Waals surface area contributed by atoms with Crippen molar-refractivity contribution < 1.29 is 22.5 Å². The Bertz CT molecular complexity index is 754. The van der Waals surface area contributed by atoms with Crippen LogP contribution in [0.4, 0.5) is 18.0 Å². The minimum atomic E-state index is -4.44. The summed E-state index contributed by atoms with van der Waals surface area (Å²) in [5.41, 5.74) is -0.871. The van der Waals surface area contributed by atoms with Gasteiger partial charge in [-0.25, -0.2) is 9.78 Å². The third-order valence-corrected chi connectivity index (χ3v) is 3.91. The van der Waals surface area contributed by atoms with E-state index in [1.807, 2.05) is 0 Å². The topological polar surface area (TPSA) is 97.9 Å². The number of alkyl halides is 3. The Morgan fingerprint density at radius 2 is 2.20 bits per heavy atom. The smallest absolute Gasteiger partial charge is 0.340 e. The number of nitrogens with one attached hydrogen (secondary N) is 2. The number of amides is 2. The fourth-order valence-electron chi connectivity index (χ4n) is 2.69. The predicted molar refractivity (Wildman–Crippen MR) is 78.3 cm³/mol. The van der Waals surface area contributed by atoms with Gasteiger partial charge < -0.3 is 19.7 Å². The molecular formula is C14H17F3N6O2. The number of aromatic nitrogens is 4. The fourth-order valence-corrected chi connectivity index (χ4v) is 2.69. The summed E-state index contributed by atoms with van der Waals surface area (Å²) in [4.78, 5) is 19.4. The van der Waals surface area contributed by atoms with Crippen LogP contribution in [0.5, 0.6) is 0 Å². The lowest BCUT2D eigenvalue weighted by Crippen LogP contribution is -2.39. The highest BCUT2D eigenvalue weighted by atomic mass is 19.4. The molecule has 0 aromatic carbocycles. The second-order valence-electron chi connectivity index (χ2n) is 5.89. The summed E-state index contributed by atoms with van der Waals surface area (Å²) in [5, 5.41) is 8.95. The molecule has 1 aliphatic rings. The summed E-state index contributed by atoms with van der Waals surface area (Å²) in [6.45, 7) is 2.53. The van der Waals surface area contributed by atoms with Crippen LogP contribution >= 0.6 is 0 Å². The summed E-state index contributed by atoms with van der Waals surface area (Å²) in [5.74, 6) is 1.25. The monoisotopic (exact) mass is 358 g/mol. The Labute approximate surface area is 140 Å². The minimum Gasteiger partial charge on any atom is -0.340 e. The summed E-state index contributed by atoms with van der Waals surface area (Å²) in [6.07, 6.45) is -2.30. The molecule has 2 N–H and O–H groups in total. The van der Waals surface area contributed by atoms with E-state index in [9.17, 15) is 18.0 Å². The van der Waals surface area contributed by atoms with E-state index in [0.717, 1.165) is 6.20 Å². The van der Waals surface area contributed by atoms with Crippen molar-refractivity contribution in [3.05, 3.63) is 29.4 Å². The van der Waals surface area contributed by atoms with Crippen LogP contribution < -0.4 is 10.6 Å². The first-order valence-electron chi connectivity index (χ1n) is 7.75. The molecule has 0 aliphatic carbocycles. The Hall–Kier alpha value is -2.59. The van der Waals surface area contributed by atoms with Crippen molar-refractivity contribution in [1.29, 1.82) is 0 Å². The maximum Gasteiger partial charge on any atom is 0.434 e. The normalized spacial score (nSPS) is 17.2. The molecule has 0 bridgehead atoms. The van der Waals surface area contributed by atoms with E-state index in [0.29, 0.717) is 43.5 Å². The summed E-state index contributed by atoms with van der Waals surface area (Å²) >= 11 is 0. The van der Waals surface area contributed by atoms with Crippen molar-refractivity contribution in [2.75, 3.05) is 6.54 Å². The number of halogens is 3. The Kier molecular flexibility index (Phi) is 4.64. The average molecular weight is 358 g/mol. The van der Waals surface area contributed by atoms with Gasteiger partial charge in [-0.1, -0.05) is 5.16 Å². The zero-order valence-corrected chi connectivity index (χ0v) is 13.4. The molecule has 1 atom stereocenters. The number of fused-ring (bicyclic) bond motifs is 1. The molecule has 0 saturated heterocycles. The molecule has 3 rings (SSSR count). The average Bonchev–Trinajstić information content (AvgIpc) is 3.16. The van der Waals surface area contributed by atoms with E-state index in [4.69, 9.17) is 4.52 Å². The number of urea groups is 1. The van der Waals surface area contributed by atoms with E-state index >= 15 is 0 Å². The number of hydrogen-bond donors (Lipinski definition) is 2. The standard InChI is InChI=1S/C14H17F3N6O2/c1-8-20-11(22-25-8)5-19-13(24)18-4-9-2-3-12-21-10(14(15,16)17)7-23(12)6-9/h7,9H,2-6H2,1H3,(H2,18,19,24). The van der Waals surface area contributed by atoms with Gasteiger partial charge in [0.2, 0.25) is 5.89 Å². The van der Waals surface area contributed by atoms with E-state index < -0.39 is 17.9 Å². The number of nitrogens with zero attached hydrogens (tertiary/aromatic N) is 4. The zero-order chi connectivity index (χ0) is 18.0. The number of hydrogen-bond acceptors (Lipinski definition) is 5. The van der Waals surface area contributed by atoms with Crippen LogP contribution in [0.25, 0.3) is 0 Å². The van der Waals surface area contributed by atoms with Crippen LogP contribution in [0.15, 0.2) is 10.7 Å². The van der Waals surface area contributed by atoms with Gasteiger partial charge >= 0.3 is 12.2 Å². The maximum absolute atomic E-state index is 12.7. The van der Waals surface area contributed by atoms with Gasteiger partial charge in [0.05, 0.1) is 6.54 Å². The van der Waals surface area contributed by atoms with Crippen molar-refractivity contribution in [1.82, 2.24) is 30.3 Å². The first-order chi connectivity index (χ1) is 11.8. The van der Waals surface area contributed by atoms with Gasteiger partial charge in [0, 0.05) is 32.6 Å². The van der Waals surface area contributed by atoms with Crippen molar-refractivity contribution >= 4 is 6.03 Å². The van der Waals surface area contributed by atoms with Crippen LogP contribution in [0.3, 0.4) is 0 Å². The van der Waals surface area contributed by atoms with Crippen molar-refractivity contribution in [3.8, 4) is 0 Å². The molecule has 1 unspecified atom stereocenters. The third kappa shape index (κ3) is 4.28. The highest BCUT2D eigenvalue weighted by Crippen LogP contribution is 2.30. The predicted octanol–water partition coefficient (Wildman–Crippen LogP) is 1.66. The maximum atomic E-state index is 12.7. The summed E-state index contributed by atoms with van der Waals surface area (Å²) in [6, 6.07) is -0.394. The Morgan fingerprint density at radius 1 is 1.40 bits per heavy atom. The van der Waals surface area contributed by atoms with E-state index in [1.165, 1.54) is 4.57 Å². The van der Waals surface area contributed by atoms with Crippen LogP contribution in [-0.4, -0.2) is 32.3 Å². The number of carbonyl (C=O) groups excluding carboxylic acids is 1. The van der Waals surface area contributed by atoms with Crippen LogP contribution in [0, 0.1) is 12.8 Å². The van der Waals surface area contributed by atoms with Crippen LogP contribution in [-0.2, 0) is 25.7 Å². The second-order valence-corrected chi connectivity index (χ2v) is 5.89. The lowest BCUT2D eigenvalue weighted by Gasteiger charge is -2.23.